The van der Waals surface area contributed by atoms with E-state index in [2.05, 4.69) is 5.32 Å². The fourth-order valence-corrected chi connectivity index (χ4v) is 11.3. The molecule has 0 aliphatic rings. The van der Waals surface area contributed by atoms with E-state index < -0.39 is 55.7 Å². The lowest BCUT2D eigenvalue weighted by Gasteiger charge is -2.29. The zero-order valence-corrected chi connectivity index (χ0v) is 38.7. The van der Waals surface area contributed by atoms with Gasteiger partial charge >= 0.3 is 30.4 Å². The zero-order valence-electron chi connectivity index (χ0n) is 35.1. The van der Waals surface area contributed by atoms with Gasteiger partial charge in [-0.2, -0.15) is 0 Å². The molecule has 0 aliphatic heterocycles. The van der Waals surface area contributed by atoms with Crippen LogP contribution in [0.25, 0.3) is 0 Å². The van der Waals surface area contributed by atoms with Gasteiger partial charge in [0, 0.05) is 35.0 Å². The van der Waals surface area contributed by atoms with Crippen LogP contribution in [0.1, 0.15) is 55.5 Å². The normalized spacial score (nSPS) is 13.0. The van der Waals surface area contributed by atoms with Gasteiger partial charge in [0.25, 0.3) is 0 Å². The van der Waals surface area contributed by atoms with Crippen molar-refractivity contribution in [2.45, 2.75) is 65.5 Å². The molecule has 17 nitrogen and oxygen atoms in total. The first-order valence-corrected chi connectivity index (χ1v) is 26.2. The Morgan fingerprint density at radius 1 is 0.517 bits per heavy atom. The summed E-state index contributed by atoms with van der Waals surface area (Å²) in [5.41, 5.74) is 1.80. The fraction of sp³-hybridized carbons (Fsp3) is 0.676. The highest BCUT2D eigenvalue weighted by molar-refractivity contribution is 7.54. The van der Waals surface area contributed by atoms with E-state index >= 15 is 0 Å². The van der Waals surface area contributed by atoms with E-state index in [1.54, 1.807) is 52.0 Å². The molecule has 334 valence electrons. The van der Waals surface area contributed by atoms with Crippen LogP contribution in [0.2, 0.25) is 0 Å². The minimum Gasteiger partial charge on any atom is -0.457 e. The first-order valence-electron chi connectivity index (χ1n) is 19.2. The molecule has 2 aromatic rings. The lowest BCUT2D eigenvalue weighted by molar-refractivity contribution is 0.0413. The monoisotopic (exact) mass is 903 g/mol. The number of hydrogen-bond acceptors (Lipinski definition) is 17. The molecule has 2 aromatic carbocycles. The molecule has 2 rings (SSSR count). The van der Waals surface area contributed by atoms with Crippen LogP contribution in [0, 0.1) is 0 Å². The molecule has 0 saturated heterocycles. The Balaban J connectivity index is 2.89. The van der Waals surface area contributed by atoms with Crippen molar-refractivity contribution >= 4 is 30.4 Å². The van der Waals surface area contributed by atoms with Crippen LogP contribution in [0.3, 0.4) is 0 Å². The van der Waals surface area contributed by atoms with Gasteiger partial charge < -0.3 is 61.6 Å². The Bertz CT molecular complexity index is 1590. The number of aliphatic hydroxyl groups is 3. The van der Waals surface area contributed by atoms with Gasteiger partial charge in [-0.05, 0) is 93.3 Å². The number of hydrogen-bond donors (Lipinski definition) is 4. The Kier molecular flexibility index (Phi) is 23.3. The summed E-state index contributed by atoms with van der Waals surface area (Å²) in [4.78, 5) is 0. The number of aliphatic hydroxyl groups excluding tert-OH is 3. The molecule has 0 atom stereocenters. The molecule has 21 heteroatoms. The molecule has 0 radical (unpaired) electrons. The Hall–Kier alpha value is -1.32. The molecular formula is C37H65NO16P4. The van der Waals surface area contributed by atoms with Crippen LogP contribution in [0.15, 0.2) is 30.3 Å². The number of nitrogens with one attached hydrogen (secondary N) is 1. The highest BCUT2D eigenvalue weighted by Crippen LogP contribution is 2.52. The molecule has 4 N–H and O–H groups in total. The third-order valence-corrected chi connectivity index (χ3v) is 17.1. The van der Waals surface area contributed by atoms with Crippen molar-refractivity contribution < 1.29 is 74.5 Å². The standard InChI is InChI=1S/C37H65NO16P4/c1-9-50-57(44,51-10-2)19-15-33-22-32(26-38-37(27-39,28-40)29-41)23-34(16-20-58(45,52-11-3)53-12-4)36(33)54-35-24-30(13-17-55(42,46-5)47-6)21-31(25-35)14-18-56(43,48-7)49-8/h21-25,38-41H,9-20,26-29H2,1-8H3. The number of benzene rings is 2. The van der Waals surface area contributed by atoms with Gasteiger partial charge in [-0.15, -0.1) is 0 Å². The number of ether oxygens (including phenoxy) is 1. The molecule has 58 heavy (non-hydrogen) atoms. The largest absolute Gasteiger partial charge is 0.457 e. The Labute approximate surface area is 343 Å². The summed E-state index contributed by atoms with van der Waals surface area (Å²) in [6.07, 6.45) is 0.861. The van der Waals surface area contributed by atoms with E-state index in [1.807, 2.05) is 6.07 Å². The van der Waals surface area contributed by atoms with E-state index in [9.17, 15) is 33.6 Å². The third kappa shape index (κ3) is 16.5. The molecule has 0 fully saturated rings. The maximum atomic E-state index is 13.8. The van der Waals surface area contributed by atoms with Crippen molar-refractivity contribution in [3.63, 3.8) is 0 Å². The van der Waals surface area contributed by atoms with Gasteiger partial charge in [0.1, 0.15) is 11.5 Å². The maximum absolute atomic E-state index is 13.8. The minimum atomic E-state index is -3.57. The SMILES string of the molecule is CCOP(=O)(CCc1cc(CNC(CO)(CO)CO)cc(CCP(=O)(OCC)OCC)c1Oc1cc(CCP(=O)(OC)OC)cc(CCP(=O)(OC)OC)c1)OCC. The van der Waals surface area contributed by atoms with Crippen molar-refractivity contribution in [1.82, 2.24) is 5.32 Å². The van der Waals surface area contributed by atoms with Gasteiger partial charge in [0.2, 0.25) is 0 Å². The van der Waals surface area contributed by atoms with E-state index in [1.165, 1.54) is 28.4 Å². The van der Waals surface area contributed by atoms with Gasteiger partial charge in [0.15, 0.2) is 0 Å². The highest BCUT2D eigenvalue weighted by atomic mass is 31.2. The van der Waals surface area contributed by atoms with Crippen LogP contribution in [-0.4, -0.2) is 120 Å². The van der Waals surface area contributed by atoms with E-state index in [4.69, 9.17) is 40.9 Å². The Morgan fingerprint density at radius 3 is 1.21 bits per heavy atom. The van der Waals surface area contributed by atoms with E-state index in [0.717, 1.165) is 0 Å². The third-order valence-electron chi connectivity index (χ3n) is 9.20. The van der Waals surface area contributed by atoms with Gasteiger partial charge in [-0.3, -0.25) is 18.3 Å². The molecule has 0 unspecified atom stereocenters. The maximum Gasteiger partial charge on any atom is 0.330 e. The second-order valence-corrected chi connectivity index (χ2v) is 22.3. The lowest BCUT2D eigenvalue weighted by Crippen LogP contribution is -2.54. The molecule has 0 bridgehead atoms. The fourth-order valence-electron chi connectivity index (χ4n) is 5.91. The highest BCUT2D eigenvalue weighted by Gasteiger charge is 2.30. The van der Waals surface area contributed by atoms with Crippen LogP contribution in [0.5, 0.6) is 11.5 Å². The summed E-state index contributed by atoms with van der Waals surface area (Å²) in [6.45, 7) is 5.91. The topological polar surface area (TPSA) is 224 Å². The molecule has 0 aromatic heterocycles. The van der Waals surface area contributed by atoms with Crippen molar-refractivity contribution in [2.75, 3.05) is 99.3 Å². The van der Waals surface area contributed by atoms with Crippen molar-refractivity contribution in [2.24, 2.45) is 0 Å². The van der Waals surface area contributed by atoms with Crippen LogP contribution in [0.4, 0.5) is 0 Å². The van der Waals surface area contributed by atoms with Gasteiger partial charge in [-0.25, -0.2) is 0 Å². The van der Waals surface area contributed by atoms with Gasteiger partial charge in [0.05, 0.1) is 76.4 Å². The summed E-state index contributed by atoms with van der Waals surface area (Å²) in [7, 11) is -8.67. The zero-order chi connectivity index (χ0) is 43.5. The summed E-state index contributed by atoms with van der Waals surface area (Å²) in [6, 6.07) is 9.01. The summed E-state index contributed by atoms with van der Waals surface area (Å²) in [5.74, 6) is 0.702. The molecule has 0 heterocycles. The molecule has 0 aliphatic carbocycles. The molecule has 0 saturated carbocycles. The minimum absolute atomic E-state index is 0.0243. The van der Waals surface area contributed by atoms with Crippen LogP contribution < -0.4 is 10.1 Å². The van der Waals surface area contributed by atoms with Gasteiger partial charge in [-0.1, -0.05) is 18.2 Å². The second kappa shape index (κ2) is 25.6. The Morgan fingerprint density at radius 2 is 0.879 bits per heavy atom. The summed E-state index contributed by atoms with van der Waals surface area (Å²) in [5, 5.41) is 33.1. The first-order chi connectivity index (χ1) is 27.5. The summed E-state index contributed by atoms with van der Waals surface area (Å²) >= 11 is 0. The predicted octanol–water partition coefficient (Wildman–Crippen LogP) is 6.96. The lowest BCUT2D eigenvalue weighted by atomic mass is 9.98. The predicted molar refractivity (Wildman–Crippen MR) is 223 cm³/mol. The van der Waals surface area contributed by atoms with Crippen LogP contribution in [-0.2, 0) is 86.7 Å². The number of rotatable bonds is 32. The smallest absolute Gasteiger partial charge is 0.330 e. The molecule has 0 spiro atoms. The van der Waals surface area contributed by atoms with Crippen molar-refractivity contribution in [3.8, 4) is 11.5 Å². The van der Waals surface area contributed by atoms with Crippen molar-refractivity contribution in [1.29, 1.82) is 0 Å². The summed E-state index contributed by atoms with van der Waals surface area (Å²) < 4.78 is 103. The van der Waals surface area contributed by atoms with Crippen LogP contribution >= 0.6 is 30.4 Å². The van der Waals surface area contributed by atoms with E-state index in [-0.39, 0.29) is 83.3 Å². The number of aryl methyl sites for hydroxylation is 4. The van der Waals surface area contributed by atoms with E-state index in [0.29, 0.717) is 39.3 Å². The molecular weight excluding hydrogens is 838 g/mol. The molecule has 0 amide bonds. The second-order valence-electron chi connectivity index (χ2n) is 13.2. The average molecular weight is 904 g/mol. The van der Waals surface area contributed by atoms with Crippen molar-refractivity contribution in [3.05, 3.63) is 58.1 Å². The quantitative estimate of drug-likeness (QED) is 0.0545. The first kappa shape index (κ1) is 52.8. The average Bonchev–Trinajstić information content (AvgIpc) is 3.22.